The van der Waals surface area contributed by atoms with E-state index in [0.717, 1.165) is 21.7 Å². The molecule has 1 fully saturated rings. The normalized spacial score (nSPS) is 20.8. The summed E-state index contributed by atoms with van der Waals surface area (Å²) in [5, 5.41) is 4.83. The minimum absolute atomic E-state index is 0.613. The van der Waals surface area contributed by atoms with E-state index in [-0.39, 0.29) is 0 Å². The number of likely N-dealkylation sites (N-methyl/N-ethyl adjacent to an activating group) is 1. The smallest absolute Gasteiger partial charge is 0.125 e. The quantitative estimate of drug-likeness (QED) is 0.434. The number of rotatable bonds is 4. The second-order valence-corrected chi connectivity index (χ2v) is 9.54. The number of pyridine rings is 1. The Labute approximate surface area is 173 Å². The molecular weight excluding hydrogens is 384 g/mol. The fourth-order valence-electron chi connectivity index (χ4n) is 4.50. The maximum atomic E-state index is 4.66. The van der Waals surface area contributed by atoms with Gasteiger partial charge in [-0.05, 0) is 63.2 Å². The zero-order valence-corrected chi connectivity index (χ0v) is 17.8. The molecule has 0 unspecified atom stereocenters. The minimum atomic E-state index is 0.613. The molecule has 0 bridgehead atoms. The summed E-state index contributed by atoms with van der Waals surface area (Å²) in [6, 6.07) is 11.5. The van der Waals surface area contributed by atoms with E-state index in [1.54, 1.807) is 11.3 Å². The van der Waals surface area contributed by atoms with Gasteiger partial charge in [0.05, 0.1) is 21.4 Å². The van der Waals surface area contributed by atoms with Crippen LogP contribution in [0.5, 0.6) is 0 Å². The van der Waals surface area contributed by atoms with Crippen molar-refractivity contribution in [3.05, 3.63) is 46.9 Å². The van der Waals surface area contributed by atoms with Gasteiger partial charge < -0.3 is 10.2 Å². The van der Waals surface area contributed by atoms with Crippen molar-refractivity contribution in [2.75, 3.05) is 18.9 Å². The molecule has 4 nitrogen and oxygen atoms in total. The van der Waals surface area contributed by atoms with Crippen molar-refractivity contribution in [2.24, 2.45) is 0 Å². The molecular formula is C22H24N4S2. The predicted molar refractivity (Wildman–Crippen MR) is 121 cm³/mol. The van der Waals surface area contributed by atoms with Gasteiger partial charge in [-0.2, -0.15) is 0 Å². The summed E-state index contributed by atoms with van der Waals surface area (Å²) < 4.78 is 1.22. The highest BCUT2D eigenvalue weighted by Crippen LogP contribution is 2.41. The number of benzene rings is 1. The SMILES string of the molecule is CC[C@@H]1[C@@H](c2cc3c(Nc4ccc5scnc5c4)ccnc3s2)CCCN1C. The molecule has 0 saturated carbocycles. The molecule has 0 aliphatic carbocycles. The van der Waals surface area contributed by atoms with Crippen molar-refractivity contribution in [1.29, 1.82) is 0 Å². The van der Waals surface area contributed by atoms with Crippen molar-refractivity contribution in [1.82, 2.24) is 14.9 Å². The lowest BCUT2D eigenvalue weighted by atomic mass is 9.86. The average Bonchev–Trinajstić information content (AvgIpc) is 3.34. The van der Waals surface area contributed by atoms with E-state index in [2.05, 4.69) is 64.5 Å². The molecule has 4 aromatic rings. The molecule has 0 amide bonds. The summed E-state index contributed by atoms with van der Waals surface area (Å²) in [6.07, 6.45) is 5.66. The van der Waals surface area contributed by atoms with E-state index in [1.165, 1.54) is 40.8 Å². The van der Waals surface area contributed by atoms with Crippen LogP contribution in [-0.4, -0.2) is 34.5 Å². The molecule has 0 radical (unpaired) electrons. The highest BCUT2D eigenvalue weighted by Gasteiger charge is 2.30. The summed E-state index contributed by atoms with van der Waals surface area (Å²) in [5.41, 5.74) is 5.14. The molecule has 2 atom stereocenters. The van der Waals surface area contributed by atoms with Crippen molar-refractivity contribution >= 4 is 54.5 Å². The molecule has 1 saturated heterocycles. The standard InChI is InChI=1S/C22H24N4S2/c1-3-19-15(5-4-10-26(19)2)21-12-16-17(8-9-23-22(16)28-21)25-14-6-7-20-18(11-14)24-13-27-20/h6-9,11-13,15,19H,3-5,10H2,1-2H3,(H,23,25)/t15-,19+/m0/s1. The lowest BCUT2D eigenvalue weighted by molar-refractivity contribution is 0.157. The van der Waals surface area contributed by atoms with Gasteiger partial charge in [-0.1, -0.05) is 6.92 Å². The van der Waals surface area contributed by atoms with Crippen LogP contribution in [0.25, 0.3) is 20.4 Å². The van der Waals surface area contributed by atoms with Gasteiger partial charge in [-0.25, -0.2) is 9.97 Å². The van der Waals surface area contributed by atoms with Gasteiger partial charge in [0.15, 0.2) is 0 Å². The average molecular weight is 409 g/mol. The van der Waals surface area contributed by atoms with Crippen molar-refractivity contribution in [3.63, 3.8) is 0 Å². The number of anilines is 2. The molecule has 3 aromatic heterocycles. The highest BCUT2D eigenvalue weighted by atomic mass is 32.1. The van der Waals surface area contributed by atoms with Crippen molar-refractivity contribution in [3.8, 4) is 0 Å². The van der Waals surface area contributed by atoms with Crippen LogP contribution in [0.15, 0.2) is 42.0 Å². The summed E-state index contributed by atoms with van der Waals surface area (Å²) in [7, 11) is 2.27. The van der Waals surface area contributed by atoms with Crippen LogP contribution in [0.4, 0.5) is 11.4 Å². The predicted octanol–water partition coefficient (Wildman–Crippen LogP) is 6.24. The van der Waals surface area contributed by atoms with Gasteiger partial charge in [-0.15, -0.1) is 22.7 Å². The number of hydrogen-bond acceptors (Lipinski definition) is 6. The fourth-order valence-corrected chi connectivity index (χ4v) is 6.37. The van der Waals surface area contributed by atoms with Crippen LogP contribution < -0.4 is 5.32 Å². The molecule has 1 aliphatic heterocycles. The van der Waals surface area contributed by atoms with Crippen LogP contribution in [0, 0.1) is 0 Å². The van der Waals surface area contributed by atoms with E-state index >= 15 is 0 Å². The Kier molecular flexibility index (Phi) is 4.78. The van der Waals surface area contributed by atoms with Crippen LogP contribution >= 0.6 is 22.7 Å². The zero-order chi connectivity index (χ0) is 19.1. The van der Waals surface area contributed by atoms with Crippen LogP contribution in [0.3, 0.4) is 0 Å². The highest BCUT2D eigenvalue weighted by molar-refractivity contribution is 7.18. The van der Waals surface area contributed by atoms with Gasteiger partial charge in [0.2, 0.25) is 0 Å². The largest absolute Gasteiger partial charge is 0.355 e. The van der Waals surface area contributed by atoms with Gasteiger partial charge >= 0.3 is 0 Å². The molecule has 5 rings (SSSR count). The zero-order valence-electron chi connectivity index (χ0n) is 16.2. The maximum absolute atomic E-state index is 4.66. The molecule has 0 spiro atoms. The lowest BCUT2D eigenvalue weighted by Crippen LogP contribution is -2.40. The van der Waals surface area contributed by atoms with Gasteiger partial charge in [0.1, 0.15) is 4.83 Å². The topological polar surface area (TPSA) is 41.1 Å². The van der Waals surface area contributed by atoms with Crippen LogP contribution in [0.1, 0.15) is 37.0 Å². The van der Waals surface area contributed by atoms with Crippen LogP contribution in [0.2, 0.25) is 0 Å². The Morgan fingerprint density at radius 3 is 3.04 bits per heavy atom. The van der Waals surface area contributed by atoms with Crippen LogP contribution in [-0.2, 0) is 0 Å². The molecule has 4 heterocycles. The number of nitrogens with zero attached hydrogens (tertiary/aromatic N) is 3. The molecule has 6 heteroatoms. The first-order chi connectivity index (χ1) is 13.7. The fraction of sp³-hybridized carbons (Fsp3) is 0.364. The Morgan fingerprint density at radius 2 is 2.14 bits per heavy atom. The van der Waals surface area contributed by atoms with Crippen molar-refractivity contribution in [2.45, 2.75) is 38.1 Å². The third kappa shape index (κ3) is 3.19. The molecule has 144 valence electrons. The summed E-state index contributed by atoms with van der Waals surface area (Å²) in [6.45, 7) is 3.52. The number of nitrogens with one attached hydrogen (secondary N) is 1. The molecule has 1 aromatic carbocycles. The maximum Gasteiger partial charge on any atom is 0.125 e. The third-order valence-electron chi connectivity index (χ3n) is 5.90. The summed E-state index contributed by atoms with van der Waals surface area (Å²) in [5.74, 6) is 0.613. The second kappa shape index (κ2) is 7.43. The van der Waals surface area contributed by atoms with E-state index in [9.17, 15) is 0 Å². The number of aromatic nitrogens is 2. The molecule has 28 heavy (non-hydrogen) atoms. The third-order valence-corrected chi connectivity index (χ3v) is 7.89. The summed E-state index contributed by atoms with van der Waals surface area (Å²) >= 11 is 3.54. The van der Waals surface area contributed by atoms with Crippen molar-refractivity contribution < 1.29 is 0 Å². The first-order valence-electron chi connectivity index (χ1n) is 9.92. The van der Waals surface area contributed by atoms with Gasteiger partial charge in [0.25, 0.3) is 0 Å². The number of fused-ring (bicyclic) bond motifs is 2. The Hall–Kier alpha value is -2.02. The molecule has 1 aliphatic rings. The lowest BCUT2D eigenvalue weighted by Gasteiger charge is -2.38. The van der Waals surface area contributed by atoms with E-state index < -0.39 is 0 Å². The monoisotopic (exact) mass is 408 g/mol. The van der Waals surface area contributed by atoms with Gasteiger partial charge in [-0.3, -0.25) is 0 Å². The van der Waals surface area contributed by atoms with E-state index in [4.69, 9.17) is 0 Å². The second-order valence-electron chi connectivity index (χ2n) is 7.59. The number of thiophene rings is 1. The Bertz CT molecular complexity index is 1120. The number of piperidine rings is 1. The first-order valence-corrected chi connectivity index (χ1v) is 11.6. The Morgan fingerprint density at radius 1 is 1.21 bits per heavy atom. The number of likely N-dealkylation sites (tertiary alicyclic amines) is 1. The van der Waals surface area contributed by atoms with E-state index in [0.29, 0.717) is 12.0 Å². The summed E-state index contributed by atoms with van der Waals surface area (Å²) in [4.78, 5) is 14.2. The Balaban J connectivity index is 1.50. The minimum Gasteiger partial charge on any atom is -0.355 e. The number of thiazole rings is 1. The number of hydrogen-bond donors (Lipinski definition) is 1. The van der Waals surface area contributed by atoms with Gasteiger partial charge in [0, 0.05) is 34.1 Å². The first kappa shape index (κ1) is 18.0. The van der Waals surface area contributed by atoms with E-state index in [1.807, 2.05) is 23.0 Å². The molecule has 1 N–H and O–H groups in total.